The summed E-state index contributed by atoms with van der Waals surface area (Å²) in [6, 6.07) is 6.86. The van der Waals surface area contributed by atoms with E-state index >= 15 is 0 Å². The van der Waals surface area contributed by atoms with E-state index in [-0.39, 0.29) is 5.56 Å². The maximum Gasteiger partial charge on any atom is 0.335 e. The molecule has 0 spiro atoms. The van der Waals surface area contributed by atoms with Crippen LogP contribution >= 0.6 is 0 Å². The predicted octanol–water partition coefficient (Wildman–Crippen LogP) is 3.18. The lowest BCUT2D eigenvalue weighted by Crippen LogP contribution is -2.04. The largest absolute Gasteiger partial charge is 0.478 e. The maximum absolute atomic E-state index is 11.2. The Morgan fingerprint density at radius 3 is 2.85 bits per heavy atom. The molecule has 2 rings (SSSR count). The number of hydrogen-bond acceptors (Lipinski definition) is 4. The first-order valence-corrected chi connectivity index (χ1v) is 6.53. The monoisotopic (exact) mass is 271 g/mol. The van der Waals surface area contributed by atoms with Crippen molar-refractivity contribution in [1.82, 2.24) is 9.97 Å². The lowest BCUT2D eigenvalue weighted by atomic mass is 10.1. The van der Waals surface area contributed by atoms with E-state index in [1.165, 1.54) is 6.07 Å². The molecule has 0 aliphatic rings. The van der Waals surface area contributed by atoms with Crippen molar-refractivity contribution in [3.05, 3.63) is 47.4 Å². The van der Waals surface area contributed by atoms with Crippen LogP contribution in [0.4, 0.5) is 11.5 Å². The number of rotatable bonds is 5. The van der Waals surface area contributed by atoms with Crippen LogP contribution < -0.4 is 5.32 Å². The summed E-state index contributed by atoms with van der Waals surface area (Å²) in [6.07, 6.45) is 3.38. The molecule has 2 heterocycles. The molecular formula is C15H17N3O2. The van der Waals surface area contributed by atoms with Gasteiger partial charge in [-0.25, -0.2) is 9.78 Å². The molecule has 0 atom stereocenters. The highest BCUT2D eigenvalue weighted by Crippen LogP contribution is 2.19. The standard InChI is InChI=1S/C15H17N3O2/c1-3-5-12-8-11(15(19)20)9-14(17-12)18-13-6-4-7-16-10(13)2/h4,6-9H,3,5H2,1-2H3,(H,17,18)(H,19,20). The van der Waals surface area contributed by atoms with Gasteiger partial charge in [-0.1, -0.05) is 13.3 Å². The Bertz CT molecular complexity index is 626. The topological polar surface area (TPSA) is 75.1 Å². The average Bonchev–Trinajstić information content (AvgIpc) is 2.41. The highest BCUT2D eigenvalue weighted by Gasteiger charge is 2.09. The number of carboxylic acid groups (broad SMARTS) is 1. The Hall–Kier alpha value is -2.43. The van der Waals surface area contributed by atoms with Gasteiger partial charge in [0.2, 0.25) is 0 Å². The van der Waals surface area contributed by atoms with Crippen molar-refractivity contribution in [1.29, 1.82) is 0 Å². The molecule has 2 aromatic heterocycles. The molecule has 5 nitrogen and oxygen atoms in total. The van der Waals surface area contributed by atoms with Crippen molar-refractivity contribution < 1.29 is 9.90 Å². The van der Waals surface area contributed by atoms with Crippen LogP contribution in [-0.2, 0) is 6.42 Å². The summed E-state index contributed by atoms with van der Waals surface area (Å²) < 4.78 is 0. The third-order valence-electron chi connectivity index (χ3n) is 2.90. The first kappa shape index (κ1) is 14.0. The minimum atomic E-state index is -0.948. The number of hydrogen-bond donors (Lipinski definition) is 2. The molecule has 20 heavy (non-hydrogen) atoms. The maximum atomic E-state index is 11.2. The number of pyridine rings is 2. The highest BCUT2D eigenvalue weighted by molar-refractivity contribution is 5.88. The molecule has 104 valence electrons. The van der Waals surface area contributed by atoms with Crippen LogP contribution in [-0.4, -0.2) is 21.0 Å². The van der Waals surface area contributed by atoms with Crippen LogP contribution in [0.2, 0.25) is 0 Å². The summed E-state index contributed by atoms with van der Waals surface area (Å²) in [5, 5.41) is 12.3. The second kappa shape index (κ2) is 6.14. The van der Waals surface area contributed by atoms with Crippen molar-refractivity contribution in [2.24, 2.45) is 0 Å². The number of nitrogens with zero attached hydrogens (tertiary/aromatic N) is 2. The predicted molar refractivity (Wildman–Crippen MR) is 77.4 cm³/mol. The molecule has 0 aromatic carbocycles. The van der Waals surface area contributed by atoms with Gasteiger partial charge in [0.05, 0.1) is 16.9 Å². The molecular weight excluding hydrogens is 254 g/mol. The number of carboxylic acids is 1. The second-order valence-corrected chi connectivity index (χ2v) is 4.55. The molecule has 0 fully saturated rings. The summed E-state index contributed by atoms with van der Waals surface area (Å²) >= 11 is 0. The fourth-order valence-corrected chi connectivity index (χ4v) is 1.91. The third kappa shape index (κ3) is 3.32. The molecule has 5 heteroatoms. The number of aromatic carboxylic acids is 1. The molecule has 0 amide bonds. The van der Waals surface area contributed by atoms with Crippen LogP contribution in [0.1, 0.15) is 35.1 Å². The first-order chi connectivity index (χ1) is 9.60. The lowest BCUT2D eigenvalue weighted by Gasteiger charge is -2.10. The zero-order valence-electron chi connectivity index (χ0n) is 11.6. The number of nitrogens with one attached hydrogen (secondary N) is 1. The van der Waals surface area contributed by atoms with Crippen LogP contribution in [0.3, 0.4) is 0 Å². The fraction of sp³-hybridized carbons (Fsp3) is 0.267. The van der Waals surface area contributed by atoms with E-state index in [0.29, 0.717) is 5.82 Å². The molecule has 0 aliphatic carbocycles. The molecule has 0 saturated heterocycles. The molecule has 0 saturated carbocycles. The van der Waals surface area contributed by atoms with E-state index in [0.717, 1.165) is 29.9 Å². The van der Waals surface area contributed by atoms with Crippen molar-refractivity contribution >= 4 is 17.5 Å². The molecule has 0 radical (unpaired) electrons. The van der Waals surface area contributed by atoms with Crippen LogP contribution in [0.25, 0.3) is 0 Å². The van der Waals surface area contributed by atoms with Gasteiger partial charge in [-0.2, -0.15) is 0 Å². The quantitative estimate of drug-likeness (QED) is 0.873. The Morgan fingerprint density at radius 1 is 1.40 bits per heavy atom. The summed E-state index contributed by atoms with van der Waals surface area (Å²) in [7, 11) is 0. The third-order valence-corrected chi connectivity index (χ3v) is 2.90. The summed E-state index contributed by atoms with van der Waals surface area (Å²) in [6.45, 7) is 3.92. The fourth-order valence-electron chi connectivity index (χ4n) is 1.91. The van der Waals surface area contributed by atoms with Crippen molar-refractivity contribution in [2.45, 2.75) is 26.7 Å². The van der Waals surface area contributed by atoms with Crippen LogP contribution in [0.5, 0.6) is 0 Å². The zero-order valence-corrected chi connectivity index (χ0v) is 11.6. The molecule has 2 aromatic rings. The van der Waals surface area contributed by atoms with E-state index in [2.05, 4.69) is 15.3 Å². The Morgan fingerprint density at radius 2 is 2.20 bits per heavy atom. The summed E-state index contributed by atoms with van der Waals surface area (Å²) in [5.74, 6) is -0.417. The first-order valence-electron chi connectivity index (χ1n) is 6.53. The van der Waals surface area contributed by atoms with Gasteiger partial charge in [0.15, 0.2) is 0 Å². The number of carbonyl (C=O) groups is 1. The highest BCUT2D eigenvalue weighted by atomic mass is 16.4. The van der Waals surface area contributed by atoms with E-state index in [1.54, 1.807) is 12.3 Å². The number of aryl methyl sites for hydroxylation is 2. The molecule has 0 aliphatic heterocycles. The normalized spacial score (nSPS) is 10.3. The van der Waals surface area contributed by atoms with Crippen molar-refractivity contribution in [2.75, 3.05) is 5.32 Å². The van der Waals surface area contributed by atoms with Gasteiger partial charge in [0.25, 0.3) is 0 Å². The Labute approximate surface area is 117 Å². The van der Waals surface area contributed by atoms with Gasteiger partial charge < -0.3 is 10.4 Å². The van der Waals surface area contributed by atoms with Crippen molar-refractivity contribution in [3.8, 4) is 0 Å². The van der Waals surface area contributed by atoms with Gasteiger partial charge in [0, 0.05) is 11.9 Å². The van der Waals surface area contributed by atoms with Gasteiger partial charge in [-0.05, 0) is 37.6 Å². The average molecular weight is 271 g/mol. The zero-order chi connectivity index (χ0) is 14.5. The Balaban J connectivity index is 2.35. The van der Waals surface area contributed by atoms with Gasteiger partial charge in [-0.3, -0.25) is 4.98 Å². The summed E-state index contributed by atoms with van der Waals surface area (Å²) in [5.41, 5.74) is 2.68. The molecule has 2 N–H and O–H groups in total. The van der Waals surface area contributed by atoms with Gasteiger partial charge >= 0.3 is 5.97 Å². The van der Waals surface area contributed by atoms with E-state index in [1.807, 2.05) is 26.0 Å². The lowest BCUT2D eigenvalue weighted by molar-refractivity contribution is 0.0696. The van der Waals surface area contributed by atoms with Gasteiger partial charge in [0.1, 0.15) is 5.82 Å². The van der Waals surface area contributed by atoms with Crippen LogP contribution in [0, 0.1) is 6.92 Å². The SMILES string of the molecule is CCCc1cc(C(=O)O)cc(Nc2cccnc2C)n1. The van der Waals surface area contributed by atoms with Crippen LogP contribution in [0.15, 0.2) is 30.5 Å². The molecule has 0 bridgehead atoms. The second-order valence-electron chi connectivity index (χ2n) is 4.55. The molecule has 0 unspecified atom stereocenters. The minimum absolute atomic E-state index is 0.243. The van der Waals surface area contributed by atoms with E-state index in [4.69, 9.17) is 5.11 Å². The Kier molecular flexibility index (Phi) is 4.30. The van der Waals surface area contributed by atoms with Gasteiger partial charge in [-0.15, -0.1) is 0 Å². The summed E-state index contributed by atoms with van der Waals surface area (Å²) in [4.78, 5) is 19.8. The van der Waals surface area contributed by atoms with Crippen molar-refractivity contribution in [3.63, 3.8) is 0 Å². The number of anilines is 2. The van der Waals surface area contributed by atoms with E-state index in [9.17, 15) is 4.79 Å². The van der Waals surface area contributed by atoms with E-state index < -0.39 is 5.97 Å². The minimum Gasteiger partial charge on any atom is -0.478 e. The smallest absolute Gasteiger partial charge is 0.335 e. The number of aromatic nitrogens is 2.